The number of alkyl halides is 2. The molecule has 1 heterocycles. The number of pyridine rings is 1. The van der Waals surface area contributed by atoms with E-state index in [0.717, 1.165) is 6.07 Å². The molecule has 1 aromatic heterocycles. The molecular weight excluding hydrogens is 204 g/mol. The zero-order valence-corrected chi connectivity index (χ0v) is 7.09. The van der Waals surface area contributed by atoms with Crippen molar-refractivity contribution < 1.29 is 19.0 Å². The molecule has 0 unspecified atom stereocenters. The van der Waals surface area contributed by atoms with Crippen molar-refractivity contribution in [3.8, 4) is 5.75 Å². The molecule has 1 aromatic rings. The van der Waals surface area contributed by atoms with Crippen LogP contribution in [0, 0.1) is 0 Å². The number of halogens is 3. The standard InChI is InChI=1S/C7H6ClF2NO2/c8-6-4(13)1-3(2-12)5(11-6)7(9)10/h1,7,12-13H,2H2. The quantitative estimate of drug-likeness (QED) is 0.731. The maximum Gasteiger partial charge on any atom is 0.280 e. The first kappa shape index (κ1) is 10.1. The largest absolute Gasteiger partial charge is 0.505 e. The zero-order chi connectivity index (χ0) is 10.0. The van der Waals surface area contributed by atoms with Gasteiger partial charge in [-0.25, -0.2) is 13.8 Å². The van der Waals surface area contributed by atoms with Gasteiger partial charge in [0.05, 0.1) is 6.61 Å². The summed E-state index contributed by atoms with van der Waals surface area (Å²) in [5.41, 5.74) is -0.734. The lowest BCUT2D eigenvalue weighted by Gasteiger charge is -2.06. The molecular formula is C7H6ClF2NO2. The van der Waals surface area contributed by atoms with E-state index in [1.807, 2.05) is 0 Å². The van der Waals surface area contributed by atoms with E-state index in [4.69, 9.17) is 21.8 Å². The molecule has 0 aromatic carbocycles. The summed E-state index contributed by atoms with van der Waals surface area (Å²) >= 11 is 5.31. The number of aromatic hydroxyl groups is 1. The van der Waals surface area contributed by atoms with Crippen LogP contribution in [-0.4, -0.2) is 15.2 Å². The number of hydrogen-bond acceptors (Lipinski definition) is 3. The van der Waals surface area contributed by atoms with E-state index >= 15 is 0 Å². The average molecular weight is 210 g/mol. The second kappa shape index (κ2) is 3.85. The van der Waals surface area contributed by atoms with Crippen LogP contribution in [-0.2, 0) is 6.61 Å². The Balaban J connectivity index is 3.25. The fourth-order valence-corrected chi connectivity index (χ4v) is 0.995. The Morgan fingerprint density at radius 2 is 2.15 bits per heavy atom. The van der Waals surface area contributed by atoms with Crippen molar-refractivity contribution in [2.75, 3.05) is 0 Å². The van der Waals surface area contributed by atoms with E-state index in [2.05, 4.69) is 4.98 Å². The lowest BCUT2D eigenvalue weighted by molar-refractivity contribution is 0.141. The topological polar surface area (TPSA) is 53.4 Å². The monoisotopic (exact) mass is 209 g/mol. The van der Waals surface area contributed by atoms with Crippen molar-refractivity contribution in [1.29, 1.82) is 0 Å². The maximum absolute atomic E-state index is 12.2. The number of rotatable bonds is 2. The smallest absolute Gasteiger partial charge is 0.280 e. The number of aliphatic hydroxyl groups excluding tert-OH is 1. The van der Waals surface area contributed by atoms with Crippen molar-refractivity contribution in [2.45, 2.75) is 13.0 Å². The van der Waals surface area contributed by atoms with Gasteiger partial charge >= 0.3 is 0 Å². The third-order valence-electron chi connectivity index (χ3n) is 1.45. The molecule has 0 radical (unpaired) electrons. The van der Waals surface area contributed by atoms with Crippen LogP contribution in [0.1, 0.15) is 17.7 Å². The minimum atomic E-state index is -2.82. The first-order chi connectivity index (χ1) is 6.06. The summed E-state index contributed by atoms with van der Waals surface area (Å²) in [7, 11) is 0. The highest BCUT2D eigenvalue weighted by Gasteiger charge is 2.17. The van der Waals surface area contributed by atoms with Crippen LogP contribution in [0.4, 0.5) is 8.78 Å². The lowest BCUT2D eigenvalue weighted by Crippen LogP contribution is -1.98. The van der Waals surface area contributed by atoms with Crippen LogP contribution in [0.2, 0.25) is 5.15 Å². The predicted octanol–water partition coefficient (Wildman–Crippen LogP) is 1.87. The minimum absolute atomic E-state index is 0.128. The second-order valence-corrected chi connectivity index (χ2v) is 2.66. The summed E-state index contributed by atoms with van der Waals surface area (Å²) in [6, 6.07) is 0.969. The van der Waals surface area contributed by atoms with E-state index in [-0.39, 0.29) is 5.56 Å². The number of hydrogen-bond donors (Lipinski definition) is 2. The summed E-state index contributed by atoms with van der Waals surface area (Å²) in [6.45, 7) is -0.614. The van der Waals surface area contributed by atoms with Crippen LogP contribution >= 0.6 is 11.6 Å². The van der Waals surface area contributed by atoms with Gasteiger partial charge in [-0.2, -0.15) is 0 Å². The highest BCUT2D eigenvalue weighted by molar-refractivity contribution is 6.30. The molecule has 13 heavy (non-hydrogen) atoms. The zero-order valence-electron chi connectivity index (χ0n) is 6.34. The number of nitrogens with zero attached hydrogens (tertiary/aromatic N) is 1. The summed E-state index contributed by atoms with van der Waals surface area (Å²) in [6.07, 6.45) is -2.82. The highest BCUT2D eigenvalue weighted by Crippen LogP contribution is 2.28. The van der Waals surface area contributed by atoms with Gasteiger partial charge in [-0.3, -0.25) is 0 Å². The van der Waals surface area contributed by atoms with Crippen LogP contribution < -0.4 is 0 Å². The Morgan fingerprint density at radius 1 is 1.54 bits per heavy atom. The molecule has 0 amide bonds. The summed E-state index contributed by atoms with van der Waals surface area (Å²) < 4.78 is 24.4. The molecule has 72 valence electrons. The summed E-state index contributed by atoms with van der Waals surface area (Å²) in [5.74, 6) is -0.421. The highest BCUT2D eigenvalue weighted by atomic mass is 35.5. The minimum Gasteiger partial charge on any atom is -0.505 e. The predicted molar refractivity (Wildman–Crippen MR) is 41.8 cm³/mol. The molecule has 0 fully saturated rings. The van der Waals surface area contributed by atoms with Gasteiger partial charge in [-0.05, 0) is 6.07 Å². The second-order valence-electron chi connectivity index (χ2n) is 2.30. The van der Waals surface area contributed by atoms with E-state index in [1.54, 1.807) is 0 Å². The van der Waals surface area contributed by atoms with Gasteiger partial charge < -0.3 is 10.2 Å². The van der Waals surface area contributed by atoms with Crippen molar-refractivity contribution in [1.82, 2.24) is 4.98 Å². The van der Waals surface area contributed by atoms with Gasteiger partial charge in [0.1, 0.15) is 5.69 Å². The van der Waals surface area contributed by atoms with E-state index in [0.29, 0.717) is 0 Å². The molecule has 6 heteroatoms. The Kier molecular flexibility index (Phi) is 3.00. The lowest BCUT2D eigenvalue weighted by atomic mass is 10.2. The van der Waals surface area contributed by atoms with Crippen LogP contribution in [0.15, 0.2) is 6.07 Å². The van der Waals surface area contributed by atoms with E-state index < -0.39 is 29.6 Å². The van der Waals surface area contributed by atoms with Crippen molar-refractivity contribution in [2.24, 2.45) is 0 Å². The normalized spacial score (nSPS) is 10.8. The van der Waals surface area contributed by atoms with Crippen LogP contribution in [0.3, 0.4) is 0 Å². The molecule has 3 nitrogen and oxygen atoms in total. The third-order valence-corrected chi connectivity index (χ3v) is 1.73. The van der Waals surface area contributed by atoms with Crippen LogP contribution in [0.5, 0.6) is 5.75 Å². The summed E-state index contributed by atoms with van der Waals surface area (Å²) in [5, 5.41) is 17.2. The molecule has 0 bridgehead atoms. The maximum atomic E-state index is 12.2. The molecule has 0 spiro atoms. The number of aromatic nitrogens is 1. The van der Waals surface area contributed by atoms with Gasteiger partial charge in [-0.15, -0.1) is 0 Å². The van der Waals surface area contributed by atoms with Gasteiger partial charge in [0.2, 0.25) is 0 Å². The van der Waals surface area contributed by atoms with Gasteiger partial charge in [-0.1, -0.05) is 11.6 Å². The Hall–Kier alpha value is -0.940. The van der Waals surface area contributed by atoms with Gasteiger partial charge in [0, 0.05) is 5.56 Å². The molecule has 1 rings (SSSR count). The fraction of sp³-hybridized carbons (Fsp3) is 0.286. The van der Waals surface area contributed by atoms with Crippen molar-refractivity contribution in [3.63, 3.8) is 0 Å². The summed E-state index contributed by atoms with van der Waals surface area (Å²) in [4.78, 5) is 3.25. The van der Waals surface area contributed by atoms with Crippen molar-refractivity contribution >= 4 is 11.6 Å². The van der Waals surface area contributed by atoms with E-state index in [9.17, 15) is 8.78 Å². The molecule has 0 aliphatic heterocycles. The van der Waals surface area contributed by atoms with Crippen molar-refractivity contribution in [3.05, 3.63) is 22.5 Å². The Bertz CT molecular complexity index is 320. The van der Waals surface area contributed by atoms with E-state index in [1.165, 1.54) is 0 Å². The fourth-order valence-electron chi connectivity index (χ4n) is 0.849. The first-order valence-corrected chi connectivity index (χ1v) is 3.71. The average Bonchev–Trinajstić information content (AvgIpc) is 2.08. The molecule has 0 saturated heterocycles. The Labute approximate surface area is 77.6 Å². The molecule has 0 aliphatic rings. The molecule has 0 aliphatic carbocycles. The van der Waals surface area contributed by atoms with Gasteiger partial charge in [0.25, 0.3) is 6.43 Å². The third kappa shape index (κ3) is 2.05. The Morgan fingerprint density at radius 3 is 2.62 bits per heavy atom. The number of aliphatic hydroxyl groups is 1. The SMILES string of the molecule is OCc1cc(O)c(Cl)nc1C(F)F. The van der Waals surface area contributed by atoms with Gasteiger partial charge in [0.15, 0.2) is 10.9 Å². The molecule has 0 saturated carbocycles. The first-order valence-electron chi connectivity index (χ1n) is 3.33. The molecule has 2 N–H and O–H groups in total. The molecule has 0 atom stereocenters. The van der Waals surface area contributed by atoms with Crippen LogP contribution in [0.25, 0.3) is 0 Å².